The van der Waals surface area contributed by atoms with Gasteiger partial charge < -0.3 is 9.47 Å². The highest BCUT2D eigenvalue weighted by Crippen LogP contribution is 2.32. The second-order valence-corrected chi connectivity index (χ2v) is 7.77. The number of Topliss-reactive ketones (excluding diaryl/α,β-unsaturated/α-hetero) is 1. The second-order valence-electron chi connectivity index (χ2n) is 7.77. The average Bonchev–Trinajstić information content (AvgIpc) is 3.27. The predicted molar refractivity (Wildman–Crippen MR) is 119 cm³/mol. The monoisotopic (exact) mass is 439 g/mol. The summed E-state index contributed by atoms with van der Waals surface area (Å²) in [5.74, 6) is 1.38. The van der Waals surface area contributed by atoms with Crippen LogP contribution >= 0.6 is 0 Å². The van der Waals surface area contributed by atoms with Gasteiger partial charge in [-0.1, -0.05) is 0 Å². The molecule has 0 spiro atoms. The van der Waals surface area contributed by atoms with Crippen LogP contribution in [0.2, 0.25) is 0 Å². The van der Waals surface area contributed by atoms with E-state index in [1.54, 1.807) is 38.7 Å². The number of nitrogens with zero attached hydrogens (tertiary/aromatic N) is 5. The summed E-state index contributed by atoms with van der Waals surface area (Å²) in [6, 6.07) is 4.53. The maximum Gasteiger partial charge on any atom is 0.333 e. The number of ketones is 1. The molecule has 0 saturated carbocycles. The largest absolute Gasteiger partial charge is 0.497 e. The van der Waals surface area contributed by atoms with Crippen molar-refractivity contribution in [2.45, 2.75) is 33.7 Å². The smallest absolute Gasteiger partial charge is 0.333 e. The Balaban J connectivity index is 2.17. The van der Waals surface area contributed by atoms with Gasteiger partial charge in [0.2, 0.25) is 5.78 Å². The number of imidazole rings is 2. The quantitative estimate of drug-likeness (QED) is 0.471. The lowest BCUT2D eigenvalue weighted by Crippen LogP contribution is -2.42. The average molecular weight is 439 g/mol. The fourth-order valence-electron chi connectivity index (χ4n) is 4.00. The van der Waals surface area contributed by atoms with E-state index in [9.17, 15) is 14.4 Å². The Morgan fingerprint density at radius 2 is 1.78 bits per heavy atom. The summed E-state index contributed by atoms with van der Waals surface area (Å²) < 4.78 is 16.8. The van der Waals surface area contributed by atoms with Crippen molar-refractivity contribution in [1.29, 1.82) is 0 Å². The first kappa shape index (κ1) is 21.4. The van der Waals surface area contributed by atoms with Crippen molar-refractivity contribution < 1.29 is 14.3 Å². The van der Waals surface area contributed by atoms with Gasteiger partial charge in [-0.15, -0.1) is 0 Å². The first-order valence-electron chi connectivity index (χ1n) is 10.1. The lowest BCUT2D eigenvalue weighted by molar-refractivity contribution is -0.119. The maximum absolute atomic E-state index is 13.4. The van der Waals surface area contributed by atoms with Crippen LogP contribution in [0.4, 0.5) is 0 Å². The number of methoxy groups -OCH3 is 2. The number of aromatic nitrogens is 5. The number of carbonyl (C=O) groups is 1. The van der Waals surface area contributed by atoms with Crippen LogP contribution in [0.5, 0.6) is 11.5 Å². The van der Waals surface area contributed by atoms with Gasteiger partial charge in [0.25, 0.3) is 5.56 Å². The van der Waals surface area contributed by atoms with Crippen molar-refractivity contribution in [2.75, 3.05) is 14.2 Å². The molecule has 10 nitrogen and oxygen atoms in total. The lowest BCUT2D eigenvalue weighted by atomic mass is 10.2. The Hall–Kier alpha value is -3.82. The zero-order valence-electron chi connectivity index (χ0n) is 19.1. The van der Waals surface area contributed by atoms with Crippen LogP contribution < -0.4 is 20.7 Å². The Bertz CT molecular complexity index is 1520. The fraction of sp³-hybridized carbons (Fsp3) is 0.364. The molecule has 4 aromatic rings. The molecule has 168 valence electrons. The molecule has 0 fully saturated rings. The van der Waals surface area contributed by atoms with E-state index in [-0.39, 0.29) is 16.9 Å². The van der Waals surface area contributed by atoms with Gasteiger partial charge in [0.15, 0.2) is 16.9 Å². The Labute approximate surface area is 183 Å². The summed E-state index contributed by atoms with van der Waals surface area (Å²) in [5, 5.41) is 0. The zero-order valence-corrected chi connectivity index (χ0v) is 19.1. The van der Waals surface area contributed by atoms with Crippen LogP contribution in [0.15, 0.2) is 27.8 Å². The molecule has 0 aliphatic heterocycles. The van der Waals surface area contributed by atoms with E-state index in [0.717, 1.165) is 16.0 Å². The molecule has 0 aliphatic carbocycles. The van der Waals surface area contributed by atoms with Gasteiger partial charge in [-0.05, 0) is 39.8 Å². The van der Waals surface area contributed by atoms with E-state index in [1.165, 1.54) is 11.5 Å². The number of hydrogen-bond donors (Lipinski definition) is 0. The van der Waals surface area contributed by atoms with Crippen molar-refractivity contribution in [3.05, 3.63) is 50.4 Å². The van der Waals surface area contributed by atoms with Gasteiger partial charge in [0.1, 0.15) is 11.5 Å². The summed E-state index contributed by atoms with van der Waals surface area (Å²) in [6.07, 6.45) is 0. The lowest BCUT2D eigenvalue weighted by Gasteiger charge is -2.13. The normalized spacial score (nSPS) is 12.5. The molecule has 1 unspecified atom stereocenters. The molecule has 0 N–H and O–H groups in total. The van der Waals surface area contributed by atoms with Crippen LogP contribution in [0.1, 0.15) is 31.3 Å². The first-order valence-corrected chi connectivity index (χ1v) is 10.1. The highest BCUT2D eigenvalue weighted by atomic mass is 16.5. The minimum absolute atomic E-state index is 0.238. The van der Waals surface area contributed by atoms with Crippen molar-refractivity contribution >= 4 is 22.7 Å². The summed E-state index contributed by atoms with van der Waals surface area (Å²) in [6.45, 7) is 6.69. The van der Waals surface area contributed by atoms with Crippen LogP contribution in [0.3, 0.4) is 0 Å². The molecule has 0 amide bonds. The number of benzene rings is 1. The van der Waals surface area contributed by atoms with Crippen LogP contribution in [0.25, 0.3) is 22.6 Å². The van der Waals surface area contributed by atoms with Gasteiger partial charge >= 0.3 is 5.69 Å². The number of rotatable bonds is 5. The van der Waals surface area contributed by atoms with Gasteiger partial charge in [0, 0.05) is 24.5 Å². The highest BCUT2D eigenvalue weighted by Gasteiger charge is 2.26. The van der Waals surface area contributed by atoms with Gasteiger partial charge in [0.05, 0.1) is 25.9 Å². The van der Waals surface area contributed by atoms with E-state index in [1.807, 2.05) is 30.5 Å². The van der Waals surface area contributed by atoms with E-state index in [0.29, 0.717) is 23.0 Å². The summed E-state index contributed by atoms with van der Waals surface area (Å²) in [7, 11) is 4.68. The molecule has 0 saturated heterocycles. The highest BCUT2D eigenvalue weighted by molar-refractivity contribution is 5.81. The SMILES string of the molecule is COc1ccc(-n2c(C)c(C)n3c4c(=O)n(C(C)C(C)=O)c(=O)n(C)c4nc23)c(OC)c1. The molecule has 1 aromatic carbocycles. The predicted octanol–water partition coefficient (Wildman–Crippen LogP) is 1.92. The zero-order chi connectivity index (χ0) is 23.5. The molecule has 32 heavy (non-hydrogen) atoms. The molecule has 0 bridgehead atoms. The number of hydrogen-bond acceptors (Lipinski definition) is 6. The minimum atomic E-state index is -0.888. The Kier molecular flexibility index (Phi) is 4.95. The van der Waals surface area contributed by atoms with E-state index in [4.69, 9.17) is 9.47 Å². The van der Waals surface area contributed by atoms with Crippen LogP contribution in [-0.4, -0.2) is 43.1 Å². The molecular formula is C22H25N5O5. The van der Waals surface area contributed by atoms with Gasteiger partial charge in [-0.25, -0.2) is 9.36 Å². The second kappa shape index (κ2) is 7.40. The summed E-state index contributed by atoms with van der Waals surface area (Å²) in [5.41, 5.74) is 1.67. The number of ether oxygens (including phenoxy) is 2. The van der Waals surface area contributed by atoms with E-state index >= 15 is 0 Å². The standard InChI is InChI=1S/C22H25N5O5/c1-11-12(2)26-18-19(24(5)22(30)27(20(18)29)13(3)14(4)28)23-21(26)25(11)16-9-8-15(31-6)10-17(16)32-7/h8-10,13H,1-7H3. The Morgan fingerprint density at radius 3 is 2.38 bits per heavy atom. The number of aryl methyl sites for hydroxylation is 2. The van der Waals surface area contributed by atoms with Crippen molar-refractivity contribution in [1.82, 2.24) is 23.1 Å². The van der Waals surface area contributed by atoms with Crippen LogP contribution in [0, 0.1) is 13.8 Å². The molecule has 10 heteroatoms. The van der Waals surface area contributed by atoms with Crippen molar-refractivity contribution in [3.63, 3.8) is 0 Å². The van der Waals surface area contributed by atoms with Crippen molar-refractivity contribution in [3.8, 4) is 17.2 Å². The van der Waals surface area contributed by atoms with Gasteiger partial charge in [-0.3, -0.25) is 23.1 Å². The molecule has 0 aliphatic rings. The molecular weight excluding hydrogens is 414 g/mol. The first-order chi connectivity index (χ1) is 15.1. The molecule has 0 radical (unpaired) electrons. The number of carbonyl (C=O) groups excluding carboxylic acids is 1. The maximum atomic E-state index is 13.4. The topological polar surface area (TPSA) is 102 Å². The fourth-order valence-corrected chi connectivity index (χ4v) is 4.00. The third-order valence-corrected chi connectivity index (χ3v) is 6.07. The van der Waals surface area contributed by atoms with E-state index < -0.39 is 17.3 Å². The summed E-state index contributed by atoms with van der Waals surface area (Å²) >= 11 is 0. The molecule has 3 aromatic heterocycles. The molecule has 3 heterocycles. The third kappa shape index (κ3) is 2.79. The minimum Gasteiger partial charge on any atom is -0.497 e. The summed E-state index contributed by atoms with van der Waals surface area (Å²) in [4.78, 5) is 43.0. The van der Waals surface area contributed by atoms with Crippen molar-refractivity contribution in [2.24, 2.45) is 7.05 Å². The Morgan fingerprint density at radius 1 is 1.09 bits per heavy atom. The third-order valence-electron chi connectivity index (χ3n) is 6.07. The van der Waals surface area contributed by atoms with Gasteiger partial charge in [-0.2, -0.15) is 4.98 Å². The molecule has 1 atom stereocenters. The van der Waals surface area contributed by atoms with Crippen LogP contribution in [-0.2, 0) is 11.8 Å². The number of fused-ring (bicyclic) bond motifs is 3. The molecule has 4 rings (SSSR count). The van der Waals surface area contributed by atoms with E-state index in [2.05, 4.69) is 4.98 Å².